The van der Waals surface area contributed by atoms with Crippen molar-refractivity contribution in [2.24, 2.45) is 11.8 Å². The maximum atomic E-state index is 12.2. The van der Waals surface area contributed by atoms with Gasteiger partial charge in [0.05, 0.1) is 0 Å². The Morgan fingerprint density at radius 3 is 2.40 bits per heavy atom. The van der Waals surface area contributed by atoms with Crippen LogP contribution in [-0.2, 0) is 5.41 Å². The van der Waals surface area contributed by atoms with Gasteiger partial charge in [-0.25, -0.2) is 4.98 Å². The molecule has 1 aromatic heterocycles. The smallest absolute Gasteiger partial charge is 0.251 e. The molecule has 0 aromatic carbocycles. The Balaban J connectivity index is 2.86. The van der Waals surface area contributed by atoms with Gasteiger partial charge in [-0.1, -0.05) is 41.5 Å². The van der Waals surface area contributed by atoms with Crippen LogP contribution in [0.25, 0.3) is 0 Å². The molecule has 1 amide bonds. The van der Waals surface area contributed by atoms with Gasteiger partial charge in [0, 0.05) is 23.2 Å². The van der Waals surface area contributed by atoms with E-state index in [1.54, 1.807) is 6.07 Å². The average molecular weight is 277 g/mol. The van der Waals surface area contributed by atoms with E-state index in [1.807, 2.05) is 6.07 Å². The van der Waals surface area contributed by atoms with E-state index in [0.717, 1.165) is 5.69 Å². The molecular formula is C16H27N3O. The van der Waals surface area contributed by atoms with Crippen molar-refractivity contribution in [3.8, 4) is 0 Å². The predicted molar refractivity (Wildman–Crippen MR) is 83.7 cm³/mol. The van der Waals surface area contributed by atoms with Crippen LogP contribution in [0.1, 0.15) is 57.6 Å². The lowest BCUT2D eigenvalue weighted by molar-refractivity contribution is 0.0944. The van der Waals surface area contributed by atoms with Crippen LogP contribution in [0.4, 0.5) is 5.82 Å². The van der Waals surface area contributed by atoms with E-state index in [1.165, 1.54) is 0 Å². The Morgan fingerprint density at radius 2 is 1.90 bits per heavy atom. The highest BCUT2D eigenvalue weighted by atomic mass is 16.1. The van der Waals surface area contributed by atoms with Crippen molar-refractivity contribution in [3.05, 3.63) is 23.4 Å². The van der Waals surface area contributed by atoms with E-state index in [9.17, 15) is 4.79 Å². The molecule has 0 aliphatic carbocycles. The molecule has 1 unspecified atom stereocenters. The van der Waals surface area contributed by atoms with Crippen LogP contribution < -0.4 is 11.1 Å². The maximum Gasteiger partial charge on any atom is 0.251 e. The quantitative estimate of drug-likeness (QED) is 0.889. The predicted octanol–water partition coefficient (Wildman–Crippen LogP) is 2.98. The highest BCUT2D eigenvalue weighted by Crippen LogP contribution is 2.22. The van der Waals surface area contributed by atoms with Gasteiger partial charge in [0.25, 0.3) is 5.91 Å². The molecule has 0 saturated carbocycles. The molecular weight excluding hydrogens is 250 g/mol. The first kappa shape index (κ1) is 16.5. The summed E-state index contributed by atoms with van der Waals surface area (Å²) in [5.41, 5.74) is 7.09. The number of rotatable bonds is 4. The van der Waals surface area contributed by atoms with Crippen LogP contribution in [0.15, 0.2) is 12.1 Å². The third-order valence-corrected chi connectivity index (χ3v) is 3.60. The number of nitrogens with zero attached hydrogens (tertiary/aromatic N) is 1. The number of nitrogens with one attached hydrogen (secondary N) is 1. The molecule has 0 saturated heterocycles. The van der Waals surface area contributed by atoms with E-state index in [2.05, 4.69) is 51.8 Å². The average Bonchev–Trinajstić information content (AvgIpc) is 2.33. The number of aromatic nitrogens is 1. The number of carbonyl (C=O) groups is 1. The van der Waals surface area contributed by atoms with Crippen LogP contribution in [0.3, 0.4) is 0 Å². The van der Waals surface area contributed by atoms with Gasteiger partial charge in [-0.2, -0.15) is 0 Å². The fraction of sp³-hybridized carbons (Fsp3) is 0.625. The number of carbonyl (C=O) groups excluding carboxylic acids is 1. The Bertz CT molecular complexity index is 475. The Morgan fingerprint density at radius 1 is 1.30 bits per heavy atom. The second kappa shape index (κ2) is 6.25. The molecule has 1 rings (SSSR count). The summed E-state index contributed by atoms with van der Waals surface area (Å²) < 4.78 is 0. The van der Waals surface area contributed by atoms with E-state index in [0.29, 0.717) is 29.8 Å². The number of nitrogen functional groups attached to an aromatic ring is 1. The zero-order chi connectivity index (χ0) is 15.5. The minimum Gasteiger partial charge on any atom is -0.384 e. The molecule has 112 valence electrons. The van der Waals surface area contributed by atoms with Gasteiger partial charge in [0.15, 0.2) is 0 Å². The van der Waals surface area contributed by atoms with Crippen molar-refractivity contribution in [2.45, 2.75) is 47.0 Å². The summed E-state index contributed by atoms with van der Waals surface area (Å²) in [7, 11) is 0. The lowest BCUT2D eigenvalue weighted by atomic mass is 9.90. The summed E-state index contributed by atoms with van der Waals surface area (Å²) in [6.45, 7) is 13.3. The van der Waals surface area contributed by atoms with E-state index < -0.39 is 0 Å². The van der Waals surface area contributed by atoms with Crippen molar-refractivity contribution in [2.75, 3.05) is 12.3 Å². The largest absolute Gasteiger partial charge is 0.384 e. The fourth-order valence-electron chi connectivity index (χ4n) is 1.66. The molecule has 1 heterocycles. The first-order valence-electron chi connectivity index (χ1n) is 7.17. The molecule has 3 N–H and O–H groups in total. The second-order valence-corrected chi connectivity index (χ2v) is 6.85. The highest BCUT2D eigenvalue weighted by Gasteiger charge is 2.19. The molecule has 0 aliphatic heterocycles. The van der Waals surface area contributed by atoms with Gasteiger partial charge >= 0.3 is 0 Å². The first-order valence-corrected chi connectivity index (χ1v) is 7.17. The summed E-state index contributed by atoms with van der Waals surface area (Å²) in [4.78, 5) is 16.5. The zero-order valence-corrected chi connectivity index (χ0v) is 13.4. The number of nitrogens with two attached hydrogens (primary N) is 1. The molecule has 4 nitrogen and oxygen atoms in total. The van der Waals surface area contributed by atoms with Gasteiger partial charge in [-0.3, -0.25) is 4.79 Å². The van der Waals surface area contributed by atoms with Crippen LogP contribution in [0, 0.1) is 11.8 Å². The van der Waals surface area contributed by atoms with Gasteiger partial charge in [0.2, 0.25) is 0 Å². The van der Waals surface area contributed by atoms with Crippen molar-refractivity contribution < 1.29 is 4.79 Å². The van der Waals surface area contributed by atoms with E-state index >= 15 is 0 Å². The van der Waals surface area contributed by atoms with Gasteiger partial charge in [-0.05, 0) is 24.0 Å². The molecule has 20 heavy (non-hydrogen) atoms. The SMILES string of the molecule is CC(C)C(C)CNC(=O)c1cc(N)nc(C(C)(C)C)c1. The van der Waals surface area contributed by atoms with Crippen LogP contribution >= 0.6 is 0 Å². The molecule has 0 aliphatic rings. The molecule has 0 fully saturated rings. The molecule has 1 aromatic rings. The van der Waals surface area contributed by atoms with Crippen molar-refractivity contribution >= 4 is 11.7 Å². The van der Waals surface area contributed by atoms with Crippen molar-refractivity contribution in [1.82, 2.24) is 10.3 Å². The number of hydrogen-bond donors (Lipinski definition) is 2. The summed E-state index contributed by atoms with van der Waals surface area (Å²) in [5.74, 6) is 1.29. The molecule has 1 atom stereocenters. The Hall–Kier alpha value is -1.58. The third kappa shape index (κ3) is 4.51. The summed E-state index contributed by atoms with van der Waals surface area (Å²) in [6.07, 6.45) is 0. The van der Waals surface area contributed by atoms with E-state index in [-0.39, 0.29) is 11.3 Å². The summed E-state index contributed by atoms with van der Waals surface area (Å²) >= 11 is 0. The lowest BCUT2D eigenvalue weighted by Crippen LogP contribution is -2.30. The number of pyridine rings is 1. The Labute approximate surface area is 122 Å². The number of hydrogen-bond acceptors (Lipinski definition) is 3. The topological polar surface area (TPSA) is 68.0 Å². The van der Waals surface area contributed by atoms with Gasteiger partial charge in [-0.15, -0.1) is 0 Å². The zero-order valence-electron chi connectivity index (χ0n) is 13.4. The molecule has 0 spiro atoms. The molecule has 0 bridgehead atoms. The van der Waals surface area contributed by atoms with Gasteiger partial charge < -0.3 is 11.1 Å². The Kier molecular flexibility index (Phi) is 5.15. The number of amides is 1. The fourth-order valence-corrected chi connectivity index (χ4v) is 1.66. The maximum absolute atomic E-state index is 12.2. The monoisotopic (exact) mass is 277 g/mol. The highest BCUT2D eigenvalue weighted by molar-refractivity contribution is 5.94. The normalized spacial score (nSPS) is 13.3. The molecule has 0 radical (unpaired) electrons. The minimum atomic E-state index is -0.129. The van der Waals surface area contributed by atoms with Crippen LogP contribution in [-0.4, -0.2) is 17.4 Å². The third-order valence-electron chi connectivity index (χ3n) is 3.60. The summed E-state index contributed by atoms with van der Waals surface area (Å²) in [5, 5.41) is 2.96. The van der Waals surface area contributed by atoms with Crippen molar-refractivity contribution in [3.63, 3.8) is 0 Å². The second-order valence-electron chi connectivity index (χ2n) is 6.85. The standard InChI is InChI=1S/C16H27N3O/c1-10(2)11(3)9-18-15(20)12-7-13(16(4,5)6)19-14(17)8-12/h7-8,10-11H,9H2,1-6H3,(H2,17,19)(H,18,20). The van der Waals surface area contributed by atoms with Gasteiger partial charge in [0.1, 0.15) is 5.82 Å². The first-order chi connectivity index (χ1) is 9.11. The minimum absolute atomic E-state index is 0.0860. The molecule has 4 heteroatoms. The lowest BCUT2D eigenvalue weighted by Gasteiger charge is -2.20. The number of anilines is 1. The van der Waals surface area contributed by atoms with Crippen LogP contribution in [0.5, 0.6) is 0 Å². The van der Waals surface area contributed by atoms with Crippen LogP contribution in [0.2, 0.25) is 0 Å². The van der Waals surface area contributed by atoms with Crippen molar-refractivity contribution in [1.29, 1.82) is 0 Å². The summed E-state index contributed by atoms with van der Waals surface area (Å²) in [6, 6.07) is 3.45. The van der Waals surface area contributed by atoms with E-state index in [4.69, 9.17) is 5.73 Å².